The quantitative estimate of drug-likeness (QED) is 0.153. The van der Waals surface area contributed by atoms with Crippen molar-refractivity contribution in [3.8, 4) is 0 Å². The molecular weight excluding hydrogens is 592 g/mol. The van der Waals surface area contributed by atoms with Gasteiger partial charge in [-0.25, -0.2) is 0 Å². The third-order valence-electron chi connectivity index (χ3n) is 6.88. The molecule has 0 saturated carbocycles. The molecular formula is C32H22F6O2P2. The van der Waals surface area contributed by atoms with E-state index in [9.17, 15) is 26.3 Å². The van der Waals surface area contributed by atoms with Crippen LogP contribution in [-0.2, 0) is 21.5 Å². The third-order valence-corrected chi connectivity index (χ3v) is 13.3. The van der Waals surface area contributed by atoms with Gasteiger partial charge in [0.1, 0.15) is 0 Å². The maximum absolute atomic E-state index is 15.4. The summed E-state index contributed by atoms with van der Waals surface area (Å²) >= 11 is 0. The number of alkyl halides is 6. The molecule has 10 heteroatoms. The van der Waals surface area contributed by atoms with Crippen LogP contribution < -0.4 is 31.8 Å². The lowest BCUT2D eigenvalue weighted by Crippen LogP contribution is -2.40. The average Bonchev–Trinajstić information content (AvgIpc) is 3.00. The molecule has 0 saturated heterocycles. The molecule has 0 radical (unpaired) electrons. The van der Waals surface area contributed by atoms with Crippen molar-refractivity contribution in [3.05, 3.63) is 145 Å². The van der Waals surface area contributed by atoms with Crippen LogP contribution in [0.25, 0.3) is 0 Å². The van der Waals surface area contributed by atoms with E-state index in [0.29, 0.717) is 0 Å². The zero-order valence-corrected chi connectivity index (χ0v) is 23.5. The summed E-state index contributed by atoms with van der Waals surface area (Å²) in [5, 5.41) is -0.820. The van der Waals surface area contributed by atoms with E-state index >= 15 is 9.13 Å². The highest BCUT2D eigenvalue weighted by molar-refractivity contribution is 7.90. The van der Waals surface area contributed by atoms with Gasteiger partial charge in [-0.15, -0.1) is 0 Å². The Bertz CT molecular complexity index is 1570. The summed E-state index contributed by atoms with van der Waals surface area (Å²) in [5.74, 6) is 0. The van der Waals surface area contributed by atoms with E-state index in [1.165, 1.54) is 97.1 Å². The van der Waals surface area contributed by atoms with Gasteiger partial charge in [-0.3, -0.25) is 0 Å². The predicted octanol–water partition coefficient (Wildman–Crippen LogP) is 7.00. The molecule has 42 heavy (non-hydrogen) atoms. The molecule has 0 atom stereocenters. The van der Waals surface area contributed by atoms with Crippen LogP contribution >= 0.6 is 14.3 Å². The summed E-state index contributed by atoms with van der Waals surface area (Å²) in [7, 11) is -8.72. The summed E-state index contributed by atoms with van der Waals surface area (Å²) in [6, 6.07) is 30.9. The van der Waals surface area contributed by atoms with Crippen LogP contribution in [0.2, 0.25) is 0 Å². The van der Waals surface area contributed by atoms with Crippen LogP contribution in [0.15, 0.2) is 133 Å². The molecule has 2 nitrogen and oxygen atoms in total. The van der Waals surface area contributed by atoms with Crippen LogP contribution in [0.4, 0.5) is 26.3 Å². The van der Waals surface area contributed by atoms with Gasteiger partial charge in [-0.05, 0) is 12.1 Å². The zero-order valence-electron chi connectivity index (χ0n) is 21.7. The fraction of sp³-hybridized carbons (Fsp3) is 0.0625. The molecule has 0 unspecified atom stereocenters. The number of rotatable bonds is 6. The first-order chi connectivity index (χ1) is 19.9. The molecule has 0 heterocycles. The maximum Gasteiger partial charge on any atom is 0.417 e. The number of halogens is 6. The topological polar surface area (TPSA) is 34.1 Å². The first-order valence-electron chi connectivity index (χ1n) is 12.6. The number of hydrogen-bond acceptors (Lipinski definition) is 2. The highest BCUT2D eigenvalue weighted by Gasteiger charge is 2.48. The Hall–Kier alpha value is -3.86. The van der Waals surface area contributed by atoms with Gasteiger partial charge in [0.05, 0.1) is 11.1 Å². The molecule has 0 aromatic heterocycles. The Morgan fingerprint density at radius 2 is 0.595 bits per heavy atom. The highest BCUT2D eigenvalue weighted by atomic mass is 31.2. The minimum absolute atomic E-state index is 0.0815. The molecule has 0 aliphatic heterocycles. The van der Waals surface area contributed by atoms with E-state index in [1.54, 1.807) is 24.3 Å². The second-order valence-corrected chi connectivity index (χ2v) is 14.9. The van der Waals surface area contributed by atoms with Gasteiger partial charge in [0, 0.05) is 31.8 Å². The Balaban J connectivity index is 2.04. The first kappa shape index (κ1) is 29.6. The van der Waals surface area contributed by atoms with E-state index in [4.69, 9.17) is 0 Å². The fourth-order valence-corrected chi connectivity index (χ4v) is 11.3. The molecule has 5 aromatic rings. The van der Waals surface area contributed by atoms with Crippen molar-refractivity contribution in [2.45, 2.75) is 12.4 Å². The van der Waals surface area contributed by atoms with Crippen molar-refractivity contribution in [3.63, 3.8) is 0 Å². The Kier molecular flexibility index (Phi) is 7.82. The van der Waals surface area contributed by atoms with Crippen molar-refractivity contribution in [2.75, 3.05) is 0 Å². The Labute approximate surface area is 238 Å². The normalized spacial score (nSPS) is 12.7. The summed E-state index contributed by atoms with van der Waals surface area (Å²) in [4.78, 5) is 0. The van der Waals surface area contributed by atoms with E-state index in [0.717, 1.165) is 0 Å². The third kappa shape index (κ3) is 5.26. The molecule has 5 aromatic carbocycles. The van der Waals surface area contributed by atoms with Gasteiger partial charge >= 0.3 is 12.4 Å². The van der Waals surface area contributed by atoms with E-state index < -0.39 is 48.4 Å². The van der Waals surface area contributed by atoms with Crippen molar-refractivity contribution < 1.29 is 35.5 Å². The van der Waals surface area contributed by atoms with Crippen molar-refractivity contribution in [1.82, 2.24) is 0 Å². The van der Waals surface area contributed by atoms with Gasteiger partial charge in [-0.2, -0.15) is 26.3 Å². The van der Waals surface area contributed by atoms with Gasteiger partial charge < -0.3 is 9.13 Å². The maximum atomic E-state index is 15.4. The highest BCUT2D eigenvalue weighted by Crippen LogP contribution is 2.51. The van der Waals surface area contributed by atoms with Crippen LogP contribution in [0.5, 0.6) is 0 Å². The Morgan fingerprint density at radius 1 is 0.381 bits per heavy atom. The lowest BCUT2D eigenvalue weighted by Gasteiger charge is -2.30. The fourth-order valence-electron chi connectivity index (χ4n) is 4.96. The Morgan fingerprint density at radius 3 is 0.786 bits per heavy atom. The molecule has 0 aliphatic rings. The average molecular weight is 614 g/mol. The second kappa shape index (κ2) is 11.1. The predicted molar refractivity (Wildman–Crippen MR) is 155 cm³/mol. The van der Waals surface area contributed by atoms with Gasteiger partial charge in [0.15, 0.2) is 14.3 Å². The first-order valence-corrected chi connectivity index (χ1v) is 16.1. The van der Waals surface area contributed by atoms with Crippen LogP contribution in [-0.4, -0.2) is 0 Å². The lowest BCUT2D eigenvalue weighted by atomic mass is 10.1. The SMILES string of the molecule is O=P(c1ccccc1)(c1ccccc1)c1cc(C(F)(F)F)c(C(F)(F)F)cc1P(=O)(c1ccccc1)c1ccccc1. The molecule has 0 aliphatic carbocycles. The summed E-state index contributed by atoms with van der Waals surface area (Å²) < 4.78 is 117. The smallest absolute Gasteiger partial charge is 0.309 e. The van der Waals surface area contributed by atoms with Crippen molar-refractivity contribution in [1.29, 1.82) is 0 Å². The van der Waals surface area contributed by atoms with E-state index in [1.807, 2.05) is 0 Å². The molecule has 0 spiro atoms. The molecule has 0 bridgehead atoms. The van der Waals surface area contributed by atoms with E-state index in [-0.39, 0.29) is 33.4 Å². The van der Waals surface area contributed by atoms with Gasteiger partial charge in [0.25, 0.3) is 0 Å². The van der Waals surface area contributed by atoms with Crippen LogP contribution in [0.1, 0.15) is 11.1 Å². The van der Waals surface area contributed by atoms with E-state index in [2.05, 4.69) is 0 Å². The second-order valence-electron chi connectivity index (χ2n) is 9.44. The summed E-state index contributed by atoms with van der Waals surface area (Å²) in [5.41, 5.74) is -4.01. The monoisotopic (exact) mass is 614 g/mol. The van der Waals surface area contributed by atoms with Crippen molar-refractivity contribution >= 4 is 46.1 Å². The number of hydrogen-bond donors (Lipinski definition) is 0. The molecule has 0 fully saturated rings. The van der Waals surface area contributed by atoms with Gasteiger partial charge in [0.2, 0.25) is 0 Å². The molecule has 214 valence electrons. The molecule has 5 rings (SSSR count). The lowest BCUT2D eigenvalue weighted by molar-refractivity contribution is -0.161. The summed E-state index contributed by atoms with van der Waals surface area (Å²) in [6.07, 6.45) is -10.9. The molecule has 0 amide bonds. The molecule has 0 N–H and O–H groups in total. The van der Waals surface area contributed by atoms with Crippen LogP contribution in [0, 0.1) is 0 Å². The van der Waals surface area contributed by atoms with Crippen LogP contribution in [0.3, 0.4) is 0 Å². The largest absolute Gasteiger partial charge is 0.417 e. The minimum Gasteiger partial charge on any atom is -0.309 e. The van der Waals surface area contributed by atoms with Gasteiger partial charge in [-0.1, -0.05) is 121 Å². The summed E-state index contributed by atoms with van der Waals surface area (Å²) in [6.45, 7) is 0. The standard InChI is InChI=1S/C32H22F6O2P2/c33-31(34,35)27-21-29(41(39,23-13-5-1-6-14-23)24-15-7-2-8-16-24)30(22-28(27)32(36,37)38)42(40,25-17-9-3-10-18-25)26-19-11-4-12-20-26/h1-22H. The zero-order chi connectivity index (χ0) is 30.2. The minimum atomic E-state index is -5.46. The number of benzene rings is 5. The van der Waals surface area contributed by atoms with Crippen molar-refractivity contribution in [2.24, 2.45) is 0 Å².